The van der Waals surface area contributed by atoms with E-state index in [-0.39, 0.29) is 24.1 Å². The molecule has 0 spiro atoms. The number of ether oxygens (including phenoxy) is 1. The molecule has 1 amide bonds. The zero-order valence-corrected chi connectivity index (χ0v) is 14.3. The van der Waals surface area contributed by atoms with Crippen LogP contribution in [-0.4, -0.2) is 21.9 Å². The molecule has 0 aliphatic carbocycles. The van der Waals surface area contributed by atoms with Crippen LogP contribution in [0.15, 0.2) is 36.4 Å². The fraction of sp³-hybridized carbons (Fsp3) is 0.333. The Balaban J connectivity index is 1.95. The minimum atomic E-state index is -0.661. The number of benzene rings is 1. The van der Waals surface area contributed by atoms with Crippen molar-refractivity contribution in [3.05, 3.63) is 57.6 Å². The number of anilines is 1. The number of pyridine rings is 1. The van der Waals surface area contributed by atoms with Crippen molar-refractivity contribution in [1.82, 2.24) is 4.98 Å². The Hall–Kier alpha value is -2.96. The standard InChI is InChI=1S/C18H19N3O4/c1-11(2)14-6-4-13(5-7-14)10-20-17-15(25-12(3)18(20)22)8-9-16(19-17)21(23)24/h4-9,11-12H,10H2,1-3H3. The Morgan fingerprint density at radius 2 is 1.92 bits per heavy atom. The number of carbonyl (C=O) groups is 1. The second-order valence-corrected chi connectivity index (χ2v) is 6.33. The highest BCUT2D eigenvalue weighted by atomic mass is 16.6. The molecule has 2 aromatic rings. The monoisotopic (exact) mass is 341 g/mol. The van der Waals surface area contributed by atoms with Crippen molar-refractivity contribution in [2.45, 2.75) is 39.3 Å². The zero-order valence-electron chi connectivity index (χ0n) is 14.3. The molecule has 0 fully saturated rings. The summed E-state index contributed by atoms with van der Waals surface area (Å²) in [7, 11) is 0. The van der Waals surface area contributed by atoms with Crippen molar-refractivity contribution in [2.24, 2.45) is 0 Å². The number of amides is 1. The van der Waals surface area contributed by atoms with Gasteiger partial charge in [0.2, 0.25) is 0 Å². The lowest BCUT2D eigenvalue weighted by Gasteiger charge is -2.29. The van der Waals surface area contributed by atoms with E-state index in [2.05, 4.69) is 18.8 Å². The van der Waals surface area contributed by atoms with Crippen LogP contribution in [0, 0.1) is 10.1 Å². The smallest absolute Gasteiger partial charge is 0.366 e. The quantitative estimate of drug-likeness (QED) is 0.628. The van der Waals surface area contributed by atoms with Crippen LogP contribution in [0.5, 0.6) is 5.75 Å². The first kappa shape index (κ1) is 16.9. The van der Waals surface area contributed by atoms with Gasteiger partial charge in [-0.1, -0.05) is 38.1 Å². The number of hydrogen-bond acceptors (Lipinski definition) is 5. The van der Waals surface area contributed by atoms with Crippen molar-refractivity contribution < 1.29 is 14.5 Å². The first-order valence-electron chi connectivity index (χ1n) is 8.09. The second kappa shape index (κ2) is 6.51. The molecule has 1 unspecified atom stereocenters. The van der Waals surface area contributed by atoms with E-state index in [1.165, 1.54) is 22.6 Å². The molecule has 2 heterocycles. The van der Waals surface area contributed by atoms with Crippen LogP contribution in [0.3, 0.4) is 0 Å². The van der Waals surface area contributed by atoms with Gasteiger partial charge in [0.05, 0.1) is 6.54 Å². The lowest BCUT2D eigenvalue weighted by atomic mass is 10.0. The maximum Gasteiger partial charge on any atom is 0.366 e. The van der Waals surface area contributed by atoms with Gasteiger partial charge < -0.3 is 14.9 Å². The van der Waals surface area contributed by atoms with Crippen LogP contribution in [-0.2, 0) is 11.3 Å². The Morgan fingerprint density at radius 3 is 2.52 bits per heavy atom. The second-order valence-electron chi connectivity index (χ2n) is 6.33. The SMILES string of the molecule is CC1Oc2ccc([N+](=O)[O-])nc2N(Cc2ccc(C(C)C)cc2)C1=O. The van der Waals surface area contributed by atoms with Gasteiger partial charge in [-0.25, -0.2) is 0 Å². The van der Waals surface area contributed by atoms with Crippen LogP contribution in [0.4, 0.5) is 11.6 Å². The molecule has 3 rings (SSSR count). The summed E-state index contributed by atoms with van der Waals surface area (Å²) in [5.41, 5.74) is 2.13. The average molecular weight is 341 g/mol. The van der Waals surface area contributed by atoms with E-state index in [1.54, 1.807) is 6.92 Å². The third kappa shape index (κ3) is 3.31. The predicted octanol–water partition coefficient (Wildman–Crippen LogP) is 3.43. The molecule has 1 aliphatic heterocycles. The molecule has 0 saturated carbocycles. The maximum atomic E-state index is 12.5. The Labute approximate surface area is 145 Å². The maximum absolute atomic E-state index is 12.5. The first-order valence-corrected chi connectivity index (χ1v) is 8.09. The van der Waals surface area contributed by atoms with E-state index in [9.17, 15) is 14.9 Å². The minimum absolute atomic E-state index is 0.185. The summed E-state index contributed by atoms with van der Waals surface area (Å²) in [6, 6.07) is 10.7. The molecular weight excluding hydrogens is 322 g/mol. The lowest BCUT2D eigenvalue weighted by molar-refractivity contribution is -0.389. The van der Waals surface area contributed by atoms with Crippen LogP contribution < -0.4 is 9.64 Å². The number of hydrogen-bond donors (Lipinski definition) is 0. The first-order chi connectivity index (χ1) is 11.9. The van der Waals surface area contributed by atoms with Crippen molar-refractivity contribution >= 4 is 17.5 Å². The largest absolute Gasteiger partial charge is 0.475 e. The molecule has 130 valence electrons. The van der Waals surface area contributed by atoms with Crippen molar-refractivity contribution in [2.75, 3.05) is 4.90 Å². The van der Waals surface area contributed by atoms with E-state index in [1.807, 2.05) is 24.3 Å². The topological polar surface area (TPSA) is 85.6 Å². The fourth-order valence-corrected chi connectivity index (χ4v) is 2.72. The highest BCUT2D eigenvalue weighted by Gasteiger charge is 2.36. The highest BCUT2D eigenvalue weighted by molar-refractivity contribution is 5.98. The van der Waals surface area contributed by atoms with Gasteiger partial charge in [0.25, 0.3) is 11.7 Å². The van der Waals surface area contributed by atoms with Gasteiger partial charge >= 0.3 is 5.82 Å². The van der Waals surface area contributed by atoms with Gasteiger partial charge in [-0.2, -0.15) is 0 Å². The molecule has 1 aromatic carbocycles. The highest BCUT2D eigenvalue weighted by Crippen LogP contribution is 2.35. The molecule has 1 aromatic heterocycles. The number of carbonyl (C=O) groups excluding carboxylic acids is 1. The van der Waals surface area contributed by atoms with Crippen molar-refractivity contribution in [3.8, 4) is 5.75 Å². The number of fused-ring (bicyclic) bond motifs is 1. The number of nitrogens with zero attached hydrogens (tertiary/aromatic N) is 3. The molecule has 7 heteroatoms. The summed E-state index contributed by atoms with van der Waals surface area (Å²) in [5, 5.41) is 11.0. The summed E-state index contributed by atoms with van der Waals surface area (Å²) in [4.78, 5) is 28.4. The molecule has 1 aliphatic rings. The summed E-state index contributed by atoms with van der Waals surface area (Å²) < 4.78 is 5.52. The molecule has 0 radical (unpaired) electrons. The Kier molecular flexibility index (Phi) is 4.39. The summed E-state index contributed by atoms with van der Waals surface area (Å²) >= 11 is 0. The van der Waals surface area contributed by atoms with E-state index in [0.717, 1.165) is 5.56 Å². The molecule has 7 nitrogen and oxygen atoms in total. The van der Waals surface area contributed by atoms with Crippen LogP contribution >= 0.6 is 0 Å². The fourth-order valence-electron chi connectivity index (χ4n) is 2.72. The molecule has 0 bridgehead atoms. The van der Waals surface area contributed by atoms with Crippen molar-refractivity contribution in [3.63, 3.8) is 0 Å². The molecule has 0 saturated heterocycles. The Morgan fingerprint density at radius 1 is 1.24 bits per heavy atom. The molecule has 25 heavy (non-hydrogen) atoms. The number of rotatable bonds is 4. The third-order valence-electron chi connectivity index (χ3n) is 4.17. The van der Waals surface area contributed by atoms with Gasteiger partial charge in [0.1, 0.15) is 0 Å². The normalized spacial score (nSPS) is 16.6. The summed E-state index contributed by atoms with van der Waals surface area (Å²) in [6.45, 7) is 6.16. The van der Waals surface area contributed by atoms with Crippen molar-refractivity contribution in [1.29, 1.82) is 0 Å². The van der Waals surface area contributed by atoms with E-state index < -0.39 is 11.0 Å². The number of nitro groups is 1. The van der Waals surface area contributed by atoms with Gasteiger partial charge in [-0.15, -0.1) is 0 Å². The van der Waals surface area contributed by atoms with Crippen LogP contribution in [0.1, 0.15) is 37.8 Å². The zero-order chi connectivity index (χ0) is 18.1. The molecule has 0 N–H and O–H groups in total. The predicted molar refractivity (Wildman–Crippen MR) is 92.7 cm³/mol. The molecule has 1 atom stereocenters. The average Bonchev–Trinajstić information content (AvgIpc) is 2.59. The van der Waals surface area contributed by atoms with Gasteiger partial charge in [0, 0.05) is 6.07 Å². The van der Waals surface area contributed by atoms with Gasteiger partial charge in [-0.05, 0) is 39.9 Å². The summed E-state index contributed by atoms with van der Waals surface area (Å²) in [6.07, 6.45) is -0.661. The van der Waals surface area contributed by atoms with Gasteiger partial charge in [0.15, 0.2) is 11.9 Å². The number of aromatic nitrogens is 1. The van der Waals surface area contributed by atoms with Gasteiger partial charge in [-0.3, -0.25) is 9.69 Å². The van der Waals surface area contributed by atoms with E-state index in [4.69, 9.17) is 4.74 Å². The third-order valence-corrected chi connectivity index (χ3v) is 4.17. The lowest BCUT2D eigenvalue weighted by Crippen LogP contribution is -2.44. The summed E-state index contributed by atoms with van der Waals surface area (Å²) in [5.74, 6) is 0.393. The van der Waals surface area contributed by atoms with Crippen LogP contribution in [0.2, 0.25) is 0 Å². The molecular formula is C18H19N3O4. The van der Waals surface area contributed by atoms with E-state index >= 15 is 0 Å². The minimum Gasteiger partial charge on any atom is -0.475 e. The van der Waals surface area contributed by atoms with E-state index in [0.29, 0.717) is 11.7 Å². The van der Waals surface area contributed by atoms with Crippen LogP contribution in [0.25, 0.3) is 0 Å². The Bertz CT molecular complexity index is 818.